The van der Waals surface area contributed by atoms with Gasteiger partial charge in [0.15, 0.2) is 11.0 Å². The fraction of sp³-hybridized carbons (Fsp3) is 0.647. The van der Waals surface area contributed by atoms with E-state index in [1.54, 1.807) is 6.92 Å². The normalized spacial score (nSPS) is 19.9. The molecule has 0 amide bonds. The molecule has 0 aliphatic carbocycles. The summed E-state index contributed by atoms with van der Waals surface area (Å²) in [6.45, 7) is 3.38. The van der Waals surface area contributed by atoms with E-state index < -0.39 is 17.5 Å². The molecule has 3 N–H and O–H groups in total. The summed E-state index contributed by atoms with van der Waals surface area (Å²) in [5.41, 5.74) is 5.55. The number of nitrogens with one attached hydrogen (secondary N) is 1. The average molecular weight is 359 g/mol. The molecule has 1 aliphatic heterocycles. The van der Waals surface area contributed by atoms with E-state index in [-0.39, 0.29) is 10.8 Å². The molecule has 1 fully saturated rings. The summed E-state index contributed by atoms with van der Waals surface area (Å²) in [6, 6.07) is -0.529. The van der Waals surface area contributed by atoms with Gasteiger partial charge in [-0.25, -0.2) is 13.8 Å². The lowest BCUT2D eigenvalue weighted by Gasteiger charge is -2.29. The Bertz CT molecular complexity index is 572. The van der Waals surface area contributed by atoms with Crippen LogP contribution in [0.4, 0.5) is 14.5 Å². The van der Waals surface area contributed by atoms with Gasteiger partial charge in [0.25, 0.3) is 0 Å². The van der Waals surface area contributed by atoms with Gasteiger partial charge in [0.2, 0.25) is 0 Å². The van der Waals surface area contributed by atoms with Gasteiger partial charge in [-0.15, -0.1) is 0 Å². The van der Waals surface area contributed by atoms with Gasteiger partial charge in [0.1, 0.15) is 11.4 Å². The molecule has 0 aromatic carbocycles. The summed E-state index contributed by atoms with van der Waals surface area (Å²) in [6.07, 6.45) is 6.36. The number of nitrogens with two attached hydrogens (primary N) is 1. The minimum absolute atomic E-state index is 0.0970. The first-order valence-corrected chi connectivity index (χ1v) is 8.82. The molecule has 24 heavy (non-hydrogen) atoms. The van der Waals surface area contributed by atoms with Crippen molar-refractivity contribution < 1.29 is 8.78 Å². The number of rotatable bonds is 5. The zero-order valence-corrected chi connectivity index (χ0v) is 14.8. The largest absolute Gasteiger partial charge is 0.324 e. The zero-order chi connectivity index (χ0) is 17.6. The van der Waals surface area contributed by atoms with Crippen LogP contribution in [0.3, 0.4) is 0 Å². The Labute approximate surface area is 146 Å². The van der Waals surface area contributed by atoms with Crippen LogP contribution in [0.5, 0.6) is 0 Å². The maximum Gasteiger partial charge on any atom is 0.186 e. The van der Waals surface area contributed by atoms with E-state index in [1.165, 1.54) is 12.4 Å². The highest BCUT2D eigenvalue weighted by Crippen LogP contribution is 2.36. The summed E-state index contributed by atoms with van der Waals surface area (Å²) in [5, 5.41) is 3.04. The smallest absolute Gasteiger partial charge is 0.186 e. The zero-order valence-electron chi connectivity index (χ0n) is 14.0. The first-order chi connectivity index (χ1) is 11.5. The van der Waals surface area contributed by atoms with Gasteiger partial charge in [-0.05, 0) is 58.5 Å². The van der Waals surface area contributed by atoms with Crippen molar-refractivity contribution in [3.8, 4) is 0 Å². The molecule has 1 aromatic rings. The van der Waals surface area contributed by atoms with Crippen molar-refractivity contribution in [1.82, 2.24) is 10.3 Å². The molecular weight excluding hydrogens is 334 g/mol. The van der Waals surface area contributed by atoms with Crippen LogP contribution in [0.1, 0.15) is 57.1 Å². The number of halogens is 3. The van der Waals surface area contributed by atoms with E-state index in [0.717, 1.165) is 25.9 Å². The third-order valence-corrected chi connectivity index (χ3v) is 4.76. The van der Waals surface area contributed by atoms with Crippen LogP contribution in [0, 0.1) is 5.82 Å². The molecule has 1 saturated heterocycles. The molecule has 2 rings (SSSR count). The molecular formula is C17H25ClF2N4. The number of aliphatic imine (C=N–C) groups is 1. The maximum absolute atomic E-state index is 15.1. The van der Waals surface area contributed by atoms with Crippen LogP contribution in [0.25, 0.3) is 0 Å². The summed E-state index contributed by atoms with van der Waals surface area (Å²) in [5.74, 6) is -0.685. The van der Waals surface area contributed by atoms with Gasteiger partial charge in [0.05, 0.1) is 0 Å². The topological polar surface area (TPSA) is 63.3 Å². The van der Waals surface area contributed by atoms with E-state index in [1.807, 2.05) is 0 Å². The van der Waals surface area contributed by atoms with Gasteiger partial charge in [-0.1, -0.05) is 11.6 Å². The van der Waals surface area contributed by atoms with Crippen molar-refractivity contribution in [2.24, 2.45) is 10.7 Å². The highest BCUT2D eigenvalue weighted by atomic mass is 35.5. The lowest BCUT2D eigenvalue weighted by Crippen LogP contribution is -2.31. The fourth-order valence-corrected chi connectivity index (χ4v) is 3.27. The summed E-state index contributed by atoms with van der Waals surface area (Å²) >= 11 is 5.71. The number of hydrogen-bond donors (Lipinski definition) is 2. The van der Waals surface area contributed by atoms with Crippen LogP contribution in [-0.2, 0) is 0 Å². The lowest BCUT2D eigenvalue weighted by atomic mass is 9.86. The van der Waals surface area contributed by atoms with Gasteiger partial charge in [-0.3, -0.25) is 4.99 Å². The minimum Gasteiger partial charge on any atom is -0.324 e. The second kappa shape index (κ2) is 8.83. The second-order valence-electron chi connectivity index (χ2n) is 6.31. The molecule has 0 saturated carbocycles. The number of aromatic nitrogens is 1. The molecule has 4 nitrogen and oxygen atoms in total. The van der Waals surface area contributed by atoms with Crippen LogP contribution in [0.2, 0.25) is 5.15 Å². The Hall–Kier alpha value is -1.11. The molecule has 2 heterocycles. The Morgan fingerprint density at radius 3 is 2.75 bits per heavy atom. The van der Waals surface area contributed by atoms with Gasteiger partial charge < -0.3 is 11.1 Å². The highest BCUT2D eigenvalue weighted by Gasteiger charge is 2.30. The Balaban J connectivity index is 2.09. The van der Waals surface area contributed by atoms with Crippen molar-refractivity contribution in [3.63, 3.8) is 0 Å². The molecule has 134 valence electrons. The van der Waals surface area contributed by atoms with Gasteiger partial charge in [-0.2, -0.15) is 0 Å². The first kappa shape index (κ1) is 19.2. The van der Waals surface area contributed by atoms with E-state index in [4.69, 9.17) is 17.3 Å². The monoisotopic (exact) mass is 358 g/mol. The Kier molecular flexibility index (Phi) is 7.07. The number of pyridine rings is 1. The Morgan fingerprint density at radius 2 is 2.12 bits per heavy atom. The standard InChI is InChI=1S/C17H25ClF2N4/c1-2-23-15-12(11-24-16(18)14(15)19)13(21)5-8-17(20)6-3-9-22-10-4-7-17/h2,11,13,22H,3-10,21H2,1H3. The van der Waals surface area contributed by atoms with Crippen LogP contribution >= 0.6 is 11.6 Å². The molecule has 0 bridgehead atoms. The highest BCUT2D eigenvalue weighted by molar-refractivity contribution is 6.29. The number of hydrogen-bond acceptors (Lipinski definition) is 4. The van der Waals surface area contributed by atoms with E-state index in [9.17, 15) is 4.39 Å². The summed E-state index contributed by atoms with van der Waals surface area (Å²) in [7, 11) is 0. The molecule has 1 unspecified atom stereocenters. The maximum atomic E-state index is 15.1. The summed E-state index contributed by atoms with van der Waals surface area (Å²) < 4.78 is 29.2. The Morgan fingerprint density at radius 1 is 1.46 bits per heavy atom. The van der Waals surface area contributed by atoms with Crippen LogP contribution < -0.4 is 11.1 Å². The molecule has 7 heteroatoms. The molecule has 0 spiro atoms. The van der Waals surface area contributed by atoms with Crippen molar-refractivity contribution in [3.05, 3.63) is 22.7 Å². The predicted molar refractivity (Wildman–Crippen MR) is 94.4 cm³/mol. The average Bonchev–Trinajstić information content (AvgIpc) is 2.54. The SMILES string of the molecule is CC=Nc1c(C(N)CCC2(F)CCCNCCC2)cnc(Cl)c1F. The second-order valence-corrected chi connectivity index (χ2v) is 6.67. The third-order valence-electron chi connectivity index (χ3n) is 4.50. The van der Waals surface area contributed by atoms with E-state index >= 15 is 4.39 Å². The van der Waals surface area contributed by atoms with E-state index in [2.05, 4.69) is 15.3 Å². The molecule has 1 aliphatic rings. The molecule has 1 aromatic heterocycles. The lowest BCUT2D eigenvalue weighted by molar-refractivity contribution is 0.107. The van der Waals surface area contributed by atoms with E-state index in [0.29, 0.717) is 31.2 Å². The quantitative estimate of drug-likeness (QED) is 0.611. The number of nitrogens with zero attached hydrogens (tertiary/aromatic N) is 2. The first-order valence-electron chi connectivity index (χ1n) is 8.44. The van der Waals surface area contributed by atoms with Crippen LogP contribution in [-0.4, -0.2) is 30.0 Å². The van der Waals surface area contributed by atoms with Crippen molar-refractivity contribution in [2.75, 3.05) is 13.1 Å². The van der Waals surface area contributed by atoms with Gasteiger partial charge >= 0.3 is 0 Å². The van der Waals surface area contributed by atoms with Crippen LogP contribution in [0.15, 0.2) is 11.2 Å². The predicted octanol–water partition coefficient (Wildman–Crippen LogP) is 4.25. The van der Waals surface area contributed by atoms with Crippen molar-refractivity contribution >= 4 is 23.5 Å². The molecule has 1 atom stereocenters. The molecule has 0 radical (unpaired) electrons. The summed E-state index contributed by atoms with van der Waals surface area (Å²) in [4.78, 5) is 7.84. The van der Waals surface area contributed by atoms with Crippen molar-refractivity contribution in [2.45, 2.75) is 57.2 Å². The third kappa shape index (κ3) is 4.94. The fourth-order valence-electron chi connectivity index (χ4n) is 3.13. The number of alkyl halides is 1. The van der Waals surface area contributed by atoms with Gasteiger partial charge in [0, 0.05) is 24.0 Å². The van der Waals surface area contributed by atoms with Crippen molar-refractivity contribution in [1.29, 1.82) is 0 Å². The minimum atomic E-state index is -1.20.